The minimum atomic E-state index is -0.769. The van der Waals surface area contributed by atoms with Gasteiger partial charge in [0, 0.05) is 11.6 Å². The first kappa shape index (κ1) is 14.2. The molecule has 0 fully saturated rings. The Bertz CT molecular complexity index is 665. The largest absolute Gasteiger partial charge is 0.384 e. The van der Waals surface area contributed by atoms with Crippen molar-refractivity contribution in [1.82, 2.24) is 0 Å². The molecule has 1 N–H and O–H groups in total. The SMILES string of the molecule is Cc1ccc(C)c(C(O)c2ccc([N+](=O)[O-])c(C)c2)c1. The van der Waals surface area contributed by atoms with Crippen LogP contribution in [0.1, 0.15) is 33.9 Å². The van der Waals surface area contributed by atoms with Crippen LogP contribution in [-0.2, 0) is 0 Å². The molecular weight excluding hydrogens is 254 g/mol. The van der Waals surface area contributed by atoms with Crippen molar-refractivity contribution in [1.29, 1.82) is 0 Å². The van der Waals surface area contributed by atoms with Gasteiger partial charge in [0.15, 0.2) is 0 Å². The van der Waals surface area contributed by atoms with Crippen LogP contribution in [0.5, 0.6) is 0 Å². The topological polar surface area (TPSA) is 63.4 Å². The van der Waals surface area contributed by atoms with Gasteiger partial charge in [-0.25, -0.2) is 0 Å². The molecule has 2 rings (SSSR count). The molecule has 0 aromatic heterocycles. The molecule has 0 aliphatic rings. The molecule has 1 atom stereocenters. The number of aliphatic hydroxyl groups excluding tert-OH is 1. The Morgan fingerprint density at radius 2 is 1.75 bits per heavy atom. The van der Waals surface area contributed by atoms with E-state index in [-0.39, 0.29) is 5.69 Å². The van der Waals surface area contributed by atoms with Gasteiger partial charge in [-0.3, -0.25) is 10.1 Å². The lowest BCUT2D eigenvalue weighted by Crippen LogP contribution is -2.03. The van der Waals surface area contributed by atoms with Crippen molar-refractivity contribution in [3.8, 4) is 0 Å². The molecule has 1 unspecified atom stereocenters. The monoisotopic (exact) mass is 271 g/mol. The Hall–Kier alpha value is -2.20. The summed E-state index contributed by atoms with van der Waals surface area (Å²) in [6.45, 7) is 5.59. The smallest absolute Gasteiger partial charge is 0.272 e. The zero-order chi connectivity index (χ0) is 14.9. The van der Waals surface area contributed by atoms with E-state index in [2.05, 4.69) is 0 Å². The third kappa shape index (κ3) is 2.70. The van der Waals surface area contributed by atoms with Crippen molar-refractivity contribution in [2.75, 3.05) is 0 Å². The average Bonchev–Trinajstić information content (AvgIpc) is 2.40. The number of aryl methyl sites for hydroxylation is 3. The second kappa shape index (κ2) is 5.43. The summed E-state index contributed by atoms with van der Waals surface area (Å²) in [6.07, 6.45) is -0.769. The van der Waals surface area contributed by atoms with Gasteiger partial charge in [-0.1, -0.05) is 23.8 Å². The number of nitro groups is 1. The Kier molecular flexibility index (Phi) is 3.86. The normalized spacial score (nSPS) is 12.2. The fourth-order valence-corrected chi connectivity index (χ4v) is 2.29. The maximum absolute atomic E-state index is 10.8. The van der Waals surface area contributed by atoms with E-state index >= 15 is 0 Å². The Morgan fingerprint density at radius 3 is 2.35 bits per heavy atom. The molecule has 104 valence electrons. The molecule has 0 amide bonds. The molecule has 2 aromatic carbocycles. The van der Waals surface area contributed by atoms with Gasteiger partial charge >= 0.3 is 0 Å². The van der Waals surface area contributed by atoms with E-state index in [4.69, 9.17) is 0 Å². The highest BCUT2D eigenvalue weighted by Gasteiger charge is 2.17. The quantitative estimate of drug-likeness (QED) is 0.685. The van der Waals surface area contributed by atoms with Crippen LogP contribution in [0.25, 0.3) is 0 Å². The van der Waals surface area contributed by atoms with Crippen LogP contribution in [0.2, 0.25) is 0 Å². The molecule has 0 bridgehead atoms. The zero-order valence-corrected chi connectivity index (χ0v) is 11.8. The number of benzene rings is 2. The molecule has 0 saturated heterocycles. The molecule has 20 heavy (non-hydrogen) atoms. The fourth-order valence-electron chi connectivity index (χ4n) is 2.29. The van der Waals surface area contributed by atoms with E-state index < -0.39 is 11.0 Å². The van der Waals surface area contributed by atoms with E-state index in [0.29, 0.717) is 11.1 Å². The Balaban J connectivity index is 2.43. The van der Waals surface area contributed by atoms with Gasteiger partial charge in [0.2, 0.25) is 0 Å². The van der Waals surface area contributed by atoms with E-state index in [1.807, 2.05) is 32.0 Å². The van der Waals surface area contributed by atoms with Crippen LogP contribution in [0.15, 0.2) is 36.4 Å². The number of nitrogens with zero attached hydrogens (tertiary/aromatic N) is 1. The van der Waals surface area contributed by atoms with Gasteiger partial charge in [-0.2, -0.15) is 0 Å². The van der Waals surface area contributed by atoms with Crippen LogP contribution in [0.4, 0.5) is 5.69 Å². The van der Waals surface area contributed by atoms with Crippen molar-refractivity contribution < 1.29 is 10.0 Å². The van der Waals surface area contributed by atoms with Crippen molar-refractivity contribution in [3.05, 3.63) is 74.3 Å². The first-order valence-electron chi connectivity index (χ1n) is 6.40. The van der Waals surface area contributed by atoms with Gasteiger partial charge in [-0.05, 0) is 49.6 Å². The van der Waals surface area contributed by atoms with Crippen molar-refractivity contribution in [2.45, 2.75) is 26.9 Å². The van der Waals surface area contributed by atoms with Gasteiger partial charge in [0.25, 0.3) is 5.69 Å². The molecule has 0 heterocycles. The predicted molar refractivity (Wildman–Crippen MR) is 77.8 cm³/mol. The van der Waals surface area contributed by atoms with E-state index in [9.17, 15) is 15.2 Å². The lowest BCUT2D eigenvalue weighted by Gasteiger charge is -2.15. The third-order valence-corrected chi connectivity index (χ3v) is 3.46. The molecule has 4 heteroatoms. The highest BCUT2D eigenvalue weighted by atomic mass is 16.6. The number of hydrogen-bond acceptors (Lipinski definition) is 3. The van der Waals surface area contributed by atoms with E-state index in [0.717, 1.165) is 16.7 Å². The molecule has 0 aliphatic heterocycles. The lowest BCUT2D eigenvalue weighted by atomic mass is 9.95. The fraction of sp³-hybridized carbons (Fsp3) is 0.250. The standard InChI is InChI=1S/C16H17NO3/c1-10-4-5-11(2)14(8-10)16(18)13-6-7-15(17(19)20)12(3)9-13/h4-9,16,18H,1-3H3. The van der Waals surface area contributed by atoms with E-state index in [1.54, 1.807) is 19.1 Å². The van der Waals surface area contributed by atoms with Crippen LogP contribution in [-0.4, -0.2) is 10.0 Å². The Labute approximate surface area is 117 Å². The van der Waals surface area contributed by atoms with Gasteiger partial charge in [0.1, 0.15) is 6.10 Å². The summed E-state index contributed by atoms with van der Waals surface area (Å²) in [7, 11) is 0. The highest BCUT2D eigenvalue weighted by Crippen LogP contribution is 2.28. The van der Waals surface area contributed by atoms with Gasteiger partial charge < -0.3 is 5.11 Å². The summed E-state index contributed by atoms with van der Waals surface area (Å²) in [5, 5.41) is 21.3. The molecule has 4 nitrogen and oxygen atoms in total. The first-order chi connectivity index (χ1) is 9.40. The maximum atomic E-state index is 10.8. The first-order valence-corrected chi connectivity index (χ1v) is 6.40. The minimum absolute atomic E-state index is 0.0712. The summed E-state index contributed by atoms with van der Waals surface area (Å²) >= 11 is 0. The number of aliphatic hydroxyl groups is 1. The highest BCUT2D eigenvalue weighted by molar-refractivity contribution is 5.45. The number of rotatable bonds is 3. The average molecular weight is 271 g/mol. The molecule has 0 saturated carbocycles. The van der Waals surface area contributed by atoms with Crippen LogP contribution in [0, 0.1) is 30.9 Å². The summed E-state index contributed by atoms with van der Waals surface area (Å²) in [4.78, 5) is 10.4. The minimum Gasteiger partial charge on any atom is -0.384 e. The van der Waals surface area contributed by atoms with Crippen LogP contribution in [0.3, 0.4) is 0 Å². The predicted octanol–water partition coefficient (Wildman–Crippen LogP) is 3.60. The maximum Gasteiger partial charge on any atom is 0.272 e. The molecule has 0 aliphatic carbocycles. The van der Waals surface area contributed by atoms with E-state index in [1.165, 1.54) is 6.07 Å². The molecule has 0 radical (unpaired) electrons. The summed E-state index contributed by atoms with van der Waals surface area (Å²) < 4.78 is 0. The molecule has 2 aromatic rings. The van der Waals surface area contributed by atoms with Crippen LogP contribution < -0.4 is 0 Å². The molecular formula is C16H17NO3. The number of hydrogen-bond donors (Lipinski definition) is 1. The Morgan fingerprint density at radius 1 is 1.05 bits per heavy atom. The summed E-state index contributed by atoms with van der Waals surface area (Å²) in [5.41, 5.74) is 4.20. The number of nitro benzene ring substituents is 1. The second-order valence-corrected chi connectivity index (χ2v) is 5.07. The van der Waals surface area contributed by atoms with Crippen molar-refractivity contribution in [2.24, 2.45) is 0 Å². The summed E-state index contributed by atoms with van der Waals surface area (Å²) in [5.74, 6) is 0. The summed E-state index contributed by atoms with van der Waals surface area (Å²) in [6, 6.07) is 10.6. The second-order valence-electron chi connectivity index (χ2n) is 5.07. The van der Waals surface area contributed by atoms with Crippen LogP contribution >= 0.6 is 0 Å². The van der Waals surface area contributed by atoms with Gasteiger partial charge in [-0.15, -0.1) is 0 Å². The van der Waals surface area contributed by atoms with Crippen molar-refractivity contribution >= 4 is 5.69 Å². The van der Waals surface area contributed by atoms with Gasteiger partial charge in [0.05, 0.1) is 4.92 Å². The lowest BCUT2D eigenvalue weighted by molar-refractivity contribution is -0.385. The van der Waals surface area contributed by atoms with Crippen molar-refractivity contribution in [3.63, 3.8) is 0 Å². The zero-order valence-electron chi connectivity index (χ0n) is 11.8. The third-order valence-electron chi connectivity index (χ3n) is 3.46. The molecule has 0 spiro atoms.